The molecule has 1 aliphatic rings. The van der Waals surface area contributed by atoms with Crippen LogP contribution in [0, 0.1) is 6.92 Å². The summed E-state index contributed by atoms with van der Waals surface area (Å²) in [6.45, 7) is 3.89. The van der Waals surface area contributed by atoms with Gasteiger partial charge in [0.1, 0.15) is 0 Å². The van der Waals surface area contributed by atoms with Crippen LogP contribution in [0.25, 0.3) is 10.8 Å². The average molecular weight is 460 g/mol. The lowest BCUT2D eigenvalue weighted by Gasteiger charge is -2.30. The molecule has 0 spiro atoms. The van der Waals surface area contributed by atoms with Crippen molar-refractivity contribution in [2.75, 3.05) is 23.3 Å². The first-order valence-electron chi connectivity index (χ1n) is 11.1. The summed E-state index contributed by atoms with van der Waals surface area (Å²) in [5.74, 6) is 1.51. The zero-order valence-electron chi connectivity index (χ0n) is 18.5. The van der Waals surface area contributed by atoms with Gasteiger partial charge in [0.15, 0.2) is 5.82 Å². The molecule has 2 aromatic heterocycles. The van der Waals surface area contributed by atoms with E-state index >= 15 is 0 Å². The Balaban J connectivity index is 1.40. The van der Waals surface area contributed by atoms with Gasteiger partial charge in [0.25, 0.3) is 5.91 Å². The van der Waals surface area contributed by atoms with Crippen LogP contribution in [0.4, 0.5) is 11.4 Å². The molecule has 1 saturated heterocycles. The van der Waals surface area contributed by atoms with E-state index in [0.717, 1.165) is 34.4 Å². The lowest BCUT2D eigenvalue weighted by molar-refractivity contribution is 0.102. The molecule has 33 heavy (non-hydrogen) atoms. The van der Waals surface area contributed by atoms with Crippen LogP contribution in [-0.2, 0) is 5.75 Å². The van der Waals surface area contributed by atoms with E-state index in [1.54, 1.807) is 6.92 Å². The van der Waals surface area contributed by atoms with Crippen LogP contribution in [-0.4, -0.2) is 34.1 Å². The van der Waals surface area contributed by atoms with Crippen molar-refractivity contribution in [2.45, 2.75) is 36.8 Å². The first-order valence-corrected chi connectivity index (χ1v) is 12.1. The summed E-state index contributed by atoms with van der Waals surface area (Å²) in [6.07, 6.45) is 7.35. The third-order valence-electron chi connectivity index (χ3n) is 5.80. The number of benzene rings is 2. The van der Waals surface area contributed by atoms with E-state index in [2.05, 4.69) is 31.4 Å². The number of hydrogen-bond donors (Lipinski definition) is 1. The summed E-state index contributed by atoms with van der Waals surface area (Å²) in [7, 11) is 0. The van der Waals surface area contributed by atoms with Gasteiger partial charge in [0.2, 0.25) is 5.89 Å². The number of aromatic nitrogens is 3. The van der Waals surface area contributed by atoms with Gasteiger partial charge in [-0.25, -0.2) is 0 Å². The molecule has 0 saturated carbocycles. The van der Waals surface area contributed by atoms with Gasteiger partial charge in [-0.05, 0) is 49.6 Å². The molecule has 3 heterocycles. The van der Waals surface area contributed by atoms with Gasteiger partial charge in [0, 0.05) is 53.8 Å². The first-order chi connectivity index (χ1) is 16.2. The van der Waals surface area contributed by atoms with Gasteiger partial charge in [-0.3, -0.25) is 9.78 Å². The van der Waals surface area contributed by atoms with Crippen LogP contribution in [0.15, 0.2) is 64.3 Å². The number of pyridine rings is 1. The van der Waals surface area contributed by atoms with Crippen molar-refractivity contribution in [3.8, 4) is 0 Å². The molecule has 0 unspecified atom stereocenters. The fraction of sp³-hybridized carbons (Fsp3) is 0.280. The summed E-state index contributed by atoms with van der Waals surface area (Å²) in [5.41, 5.74) is 2.58. The number of fused-ring (bicyclic) bond motifs is 1. The van der Waals surface area contributed by atoms with Crippen LogP contribution >= 0.6 is 11.8 Å². The summed E-state index contributed by atoms with van der Waals surface area (Å²) < 4.78 is 5.04. The molecular formula is C25H25N5O2S. The molecule has 168 valence electrons. The Hall–Kier alpha value is -3.39. The van der Waals surface area contributed by atoms with E-state index in [4.69, 9.17) is 4.52 Å². The van der Waals surface area contributed by atoms with Crippen molar-refractivity contribution in [3.63, 3.8) is 0 Å². The van der Waals surface area contributed by atoms with Gasteiger partial charge < -0.3 is 14.7 Å². The smallest absolute Gasteiger partial charge is 0.256 e. The van der Waals surface area contributed by atoms with Crippen LogP contribution < -0.4 is 10.2 Å². The zero-order valence-corrected chi connectivity index (χ0v) is 19.3. The van der Waals surface area contributed by atoms with E-state index in [-0.39, 0.29) is 5.91 Å². The number of nitrogens with one attached hydrogen (secondary N) is 1. The molecule has 4 aromatic rings. The van der Waals surface area contributed by atoms with Gasteiger partial charge in [-0.1, -0.05) is 17.3 Å². The van der Waals surface area contributed by atoms with Crippen molar-refractivity contribution in [2.24, 2.45) is 0 Å². The third kappa shape index (κ3) is 4.71. The number of anilines is 2. The number of aryl methyl sites for hydroxylation is 1. The molecule has 0 aliphatic carbocycles. The van der Waals surface area contributed by atoms with E-state index in [1.807, 2.05) is 48.8 Å². The van der Waals surface area contributed by atoms with E-state index in [9.17, 15) is 4.79 Å². The molecule has 5 rings (SSSR count). The molecule has 1 fully saturated rings. The number of amides is 1. The minimum Gasteiger partial charge on any atom is -0.371 e. The summed E-state index contributed by atoms with van der Waals surface area (Å²) >= 11 is 1.51. The van der Waals surface area contributed by atoms with Crippen LogP contribution in [0.3, 0.4) is 0 Å². The Morgan fingerprint density at radius 3 is 2.76 bits per heavy atom. The predicted octanol–water partition coefficient (Wildman–Crippen LogP) is 5.46. The monoisotopic (exact) mass is 459 g/mol. The lowest BCUT2D eigenvalue weighted by atomic mass is 10.0. The molecule has 0 radical (unpaired) electrons. The van der Waals surface area contributed by atoms with E-state index < -0.39 is 0 Å². The second-order valence-corrected chi connectivity index (χ2v) is 9.09. The van der Waals surface area contributed by atoms with Gasteiger partial charge in [-0.2, -0.15) is 4.98 Å². The largest absolute Gasteiger partial charge is 0.371 e. The Labute approximate surface area is 196 Å². The minimum absolute atomic E-state index is 0.154. The van der Waals surface area contributed by atoms with Crippen LogP contribution in [0.5, 0.6) is 0 Å². The third-order valence-corrected chi connectivity index (χ3v) is 6.87. The van der Waals surface area contributed by atoms with Crippen molar-refractivity contribution in [1.29, 1.82) is 0 Å². The first kappa shape index (κ1) is 21.5. The number of nitrogens with zero attached hydrogens (tertiary/aromatic N) is 4. The van der Waals surface area contributed by atoms with Crippen LogP contribution in [0.1, 0.15) is 41.3 Å². The van der Waals surface area contributed by atoms with Gasteiger partial charge >= 0.3 is 0 Å². The second-order valence-electron chi connectivity index (χ2n) is 8.07. The molecule has 7 nitrogen and oxygen atoms in total. The highest BCUT2D eigenvalue weighted by molar-refractivity contribution is 7.98. The Kier molecular flexibility index (Phi) is 6.26. The molecule has 8 heteroatoms. The Morgan fingerprint density at radius 2 is 1.94 bits per heavy atom. The van der Waals surface area contributed by atoms with Crippen molar-refractivity contribution < 1.29 is 9.32 Å². The number of hydrogen-bond acceptors (Lipinski definition) is 7. The van der Waals surface area contributed by atoms with Crippen molar-refractivity contribution in [1.82, 2.24) is 15.1 Å². The number of rotatable bonds is 6. The molecule has 1 aliphatic heterocycles. The molecule has 0 bridgehead atoms. The zero-order chi connectivity index (χ0) is 22.6. The molecule has 1 amide bonds. The highest BCUT2D eigenvalue weighted by atomic mass is 32.2. The quantitative estimate of drug-likeness (QED) is 0.383. The minimum atomic E-state index is -0.154. The van der Waals surface area contributed by atoms with E-state index in [0.29, 0.717) is 23.0 Å². The SMILES string of the molecule is Cc1nc(CSc2ccccc2C(=O)Nc2ccc(N3CCCCC3)c3ccncc23)no1. The fourth-order valence-electron chi connectivity index (χ4n) is 4.21. The standard InChI is InChI=1S/C25H25N5O2S/c1-17-27-24(29-32-17)16-33-23-8-4-3-7-19(23)25(31)28-21-9-10-22(30-13-5-2-6-14-30)18-11-12-26-15-20(18)21/h3-4,7-12,15H,2,5-6,13-14,16H2,1H3,(H,28,31). The predicted molar refractivity (Wildman–Crippen MR) is 131 cm³/mol. The normalized spacial score (nSPS) is 13.9. The van der Waals surface area contributed by atoms with Crippen molar-refractivity contribution >= 4 is 39.8 Å². The van der Waals surface area contributed by atoms with E-state index in [1.165, 1.54) is 36.7 Å². The number of piperidine rings is 1. The maximum Gasteiger partial charge on any atom is 0.256 e. The molecule has 1 N–H and O–H groups in total. The highest BCUT2D eigenvalue weighted by Crippen LogP contribution is 2.34. The fourth-order valence-corrected chi connectivity index (χ4v) is 5.10. The Bertz CT molecular complexity index is 1280. The molecular weight excluding hydrogens is 434 g/mol. The summed E-state index contributed by atoms with van der Waals surface area (Å²) in [6, 6.07) is 13.7. The highest BCUT2D eigenvalue weighted by Gasteiger charge is 2.18. The number of carbonyl (C=O) groups is 1. The number of thioether (sulfide) groups is 1. The maximum absolute atomic E-state index is 13.3. The maximum atomic E-state index is 13.3. The molecule has 0 atom stereocenters. The van der Waals surface area contributed by atoms with Crippen LogP contribution in [0.2, 0.25) is 0 Å². The van der Waals surface area contributed by atoms with Gasteiger partial charge in [-0.15, -0.1) is 11.8 Å². The lowest BCUT2D eigenvalue weighted by Crippen LogP contribution is -2.29. The Morgan fingerprint density at radius 1 is 1.09 bits per heavy atom. The summed E-state index contributed by atoms with van der Waals surface area (Å²) in [5, 5.41) is 9.11. The van der Waals surface area contributed by atoms with Gasteiger partial charge in [0.05, 0.1) is 17.0 Å². The molecule has 2 aromatic carbocycles. The number of carbonyl (C=O) groups excluding carboxylic acids is 1. The topological polar surface area (TPSA) is 84.2 Å². The summed E-state index contributed by atoms with van der Waals surface area (Å²) in [4.78, 5) is 25.1. The average Bonchev–Trinajstić information content (AvgIpc) is 3.28. The second kappa shape index (κ2) is 9.62. The van der Waals surface area contributed by atoms with Crippen molar-refractivity contribution in [3.05, 3.63) is 72.1 Å².